The zero-order valence-electron chi connectivity index (χ0n) is 22.4. The maximum absolute atomic E-state index is 12.0. The number of carbonyl (C=O) groups is 1. The van der Waals surface area contributed by atoms with Crippen LogP contribution in [0.1, 0.15) is 39.2 Å². The van der Waals surface area contributed by atoms with Crippen LogP contribution in [-0.2, 0) is 11.3 Å². The molecule has 0 saturated carbocycles. The zero-order chi connectivity index (χ0) is 27.4. The number of benzene rings is 1. The van der Waals surface area contributed by atoms with E-state index in [9.17, 15) is 4.79 Å². The van der Waals surface area contributed by atoms with E-state index in [1.54, 1.807) is 16.9 Å². The standard InChI is InChI=1S/C28H33BrN8O2/c1-28(2,3)39-27(38)32-17-20-11-14-36(15-12-20)26-34-24-22(29)18-33-37(24)25(35-26)31-16-19-7-9-21(10-8-19)23-6-4-5-13-30-23/h4-10,13,18,20H,11-12,14-17H2,1-3H3,(H,32,38)(H,31,34,35). The van der Waals surface area contributed by atoms with Gasteiger partial charge in [0.1, 0.15) is 5.60 Å². The molecule has 1 aliphatic rings. The number of alkyl carbamates (subject to hydrolysis) is 1. The molecule has 1 fully saturated rings. The fourth-order valence-electron chi connectivity index (χ4n) is 4.48. The van der Waals surface area contributed by atoms with Crippen LogP contribution >= 0.6 is 15.9 Å². The molecule has 1 saturated heterocycles. The molecular formula is C28H33BrN8O2. The van der Waals surface area contributed by atoms with Gasteiger partial charge < -0.3 is 20.3 Å². The predicted molar refractivity (Wildman–Crippen MR) is 155 cm³/mol. The second-order valence-electron chi connectivity index (χ2n) is 10.7. The first-order valence-electron chi connectivity index (χ1n) is 13.1. The molecule has 0 atom stereocenters. The van der Waals surface area contributed by atoms with E-state index >= 15 is 0 Å². The topological polar surface area (TPSA) is 110 Å². The van der Waals surface area contributed by atoms with Gasteiger partial charge in [0.25, 0.3) is 0 Å². The number of anilines is 2. The van der Waals surface area contributed by atoms with E-state index in [1.165, 1.54) is 0 Å². The van der Waals surface area contributed by atoms with E-state index in [0.717, 1.165) is 47.2 Å². The molecule has 0 bridgehead atoms. The van der Waals surface area contributed by atoms with Gasteiger partial charge >= 0.3 is 6.09 Å². The minimum atomic E-state index is -0.500. The van der Waals surface area contributed by atoms with E-state index in [-0.39, 0.29) is 6.09 Å². The zero-order valence-corrected chi connectivity index (χ0v) is 24.0. The molecule has 4 aromatic rings. The van der Waals surface area contributed by atoms with Gasteiger partial charge in [0.15, 0.2) is 5.65 Å². The van der Waals surface area contributed by atoms with Crippen LogP contribution < -0.4 is 15.5 Å². The number of ether oxygens (including phenoxy) is 1. The molecule has 0 unspecified atom stereocenters. The molecule has 3 aromatic heterocycles. The summed E-state index contributed by atoms with van der Waals surface area (Å²) in [5.74, 6) is 1.67. The number of amides is 1. The van der Waals surface area contributed by atoms with Crippen molar-refractivity contribution in [2.75, 3.05) is 29.9 Å². The average Bonchev–Trinajstić information content (AvgIpc) is 3.31. The number of rotatable bonds is 7. The number of halogens is 1. The number of fused-ring (bicyclic) bond motifs is 1. The number of hydrogen-bond acceptors (Lipinski definition) is 8. The number of hydrogen-bond donors (Lipinski definition) is 2. The fraction of sp³-hybridized carbons (Fsp3) is 0.393. The number of nitrogens with zero attached hydrogens (tertiary/aromatic N) is 6. The minimum Gasteiger partial charge on any atom is -0.444 e. The molecule has 10 nitrogen and oxygen atoms in total. The molecule has 2 N–H and O–H groups in total. The van der Waals surface area contributed by atoms with Crippen LogP contribution in [0.4, 0.5) is 16.7 Å². The van der Waals surface area contributed by atoms with Crippen molar-refractivity contribution in [3.05, 3.63) is 64.9 Å². The first kappa shape index (κ1) is 26.9. The lowest BCUT2D eigenvalue weighted by Crippen LogP contribution is -2.40. The Balaban J connectivity index is 1.23. The van der Waals surface area contributed by atoms with Crippen molar-refractivity contribution in [1.29, 1.82) is 0 Å². The second-order valence-corrected chi connectivity index (χ2v) is 11.5. The van der Waals surface area contributed by atoms with Crippen LogP contribution in [0.25, 0.3) is 16.9 Å². The number of aromatic nitrogens is 5. The summed E-state index contributed by atoms with van der Waals surface area (Å²) in [6.07, 6.45) is 5.02. The third kappa shape index (κ3) is 6.83. The summed E-state index contributed by atoms with van der Waals surface area (Å²) in [4.78, 5) is 28.3. The highest BCUT2D eigenvalue weighted by molar-refractivity contribution is 9.10. The van der Waals surface area contributed by atoms with Gasteiger partial charge in [-0.15, -0.1) is 0 Å². The Bertz CT molecular complexity index is 1410. The summed E-state index contributed by atoms with van der Waals surface area (Å²) in [5.41, 5.74) is 3.35. The number of carbonyl (C=O) groups excluding carboxylic acids is 1. The van der Waals surface area contributed by atoms with Crippen LogP contribution in [0.15, 0.2) is 59.3 Å². The largest absolute Gasteiger partial charge is 0.444 e. The summed E-state index contributed by atoms with van der Waals surface area (Å²) in [7, 11) is 0. The van der Waals surface area contributed by atoms with Crippen LogP contribution in [0.3, 0.4) is 0 Å². The van der Waals surface area contributed by atoms with Gasteiger partial charge in [-0.05, 0) is 73.2 Å². The Kier molecular flexibility index (Phi) is 7.97. The van der Waals surface area contributed by atoms with Crippen LogP contribution in [0.2, 0.25) is 0 Å². The van der Waals surface area contributed by atoms with Crippen LogP contribution in [0.5, 0.6) is 0 Å². The van der Waals surface area contributed by atoms with Crippen molar-refractivity contribution < 1.29 is 9.53 Å². The lowest BCUT2D eigenvalue weighted by molar-refractivity contribution is 0.0516. The fourth-order valence-corrected chi connectivity index (χ4v) is 4.83. The van der Waals surface area contributed by atoms with Crippen LogP contribution in [-0.4, -0.2) is 55.9 Å². The van der Waals surface area contributed by atoms with Gasteiger partial charge in [-0.2, -0.15) is 19.6 Å². The van der Waals surface area contributed by atoms with E-state index in [4.69, 9.17) is 14.7 Å². The monoisotopic (exact) mass is 592 g/mol. The molecule has 0 spiro atoms. The molecule has 0 aliphatic carbocycles. The maximum Gasteiger partial charge on any atom is 0.407 e. The maximum atomic E-state index is 12.0. The van der Waals surface area contributed by atoms with Crippen LogP contribution in [0, 0.1) is 5.92 Å². The molecule has 39 heavy (non-hydrogen) atoms. The van der Waals surface area contributed by atoms with Gasteiger partial charge in [0.05, 0.1) is 16.4 Å². The molecular weight excluding hydrogens is 560 g/mol. The Morgan fingerprint density at radius 3 is 2.56 bits per heavy atom. The van der Waals surface area contributed by atoms with Crippen molar-refractivity contribution in [3.63, 3.8) is 0 Å². The summed E-state index contributed by atoms with van der Waals surface area (Å²) < 4.78 is 7.88. The molecule has 1 aliphatic heterocycles. The smallest absolute Gasteiger partial charge is 0.407 e. The summed E-state index contributed by atoms with van der Waals surface area (Å²) in [6, 6.07) is 14.2. The Labute approximate surface area is 236 Å². The number of pyridine rings is 1. The third-order valence-electron chi connectivity index (χ3n) is 6.51. The van der Waals surface area contributed by atoms with Gasteiger partial charge in [-0.1, -0.05) is 30.3 Å². The van der Waals surface area contributed by atoms with E-state index in [0.29, 0.717) is 36.6 Å². The first-order valence-corrected chi connectivity index (χ1v) is 13.9. The average molecular weight is 594 g/mol. The van der Waals surface area contributed by atoms with E-state index < -0.39 is 5.60 Å². The van der Waals surface area contributed by atoms with Crippen molar-refractivity contribution in [1.82, 2.24) is 29.9 Å². The molecule has 5 rings (SSSR count). The summed E-state index contributed by atoms with van der Waals surface area (Å²) in [5, 5.41) is 10.8. The van der Waals surface area contributed by atoms with E-state index in [1.807, 2.05) is 39.0 Å². The lowest BCUT2D eigenvalue weighted by atomic mass is 9.97. The van der Waals surface area contributed by atoms with E-state index in [2.05, 4.69) is 65.8 Å². The molecule has 1 amide bonds. The normalized spacial score (nSPS) is 14.4. The summed E-state index contributed by atoms with van der Waals surface area (Å²) >= 11 is 3.57. The Morgan fingerprint density at radius 2 is 1.87 bits per heavy atom. The Morgan fingerprint density at radius 1 is 1.10 bits per heavy atom. The number of nitrogens with one attached hydrogen (secondary N) is 2. The van der Waals surface area contributed by atoms with Crippen molar-refractivity contribution in [3.8, 4) is 11.3 Å². The Hall–Kier alpha value is -3.73. The van der Waals surface area contributed by atoms with Crippen molar-refractivity contribution >= 4 is 39.6 Å². The molecule has 0 radical (unpaired) electrons. The highest BCUT2D eigenvalue weighted by Crippen LogP contribution is 2.25. The highest BCUT2D eigenvalue weighted by atomic mass is 79.9. The molecule has 11 heteroatoms. The number of piperidine rings is 1. The first-order chi connectivity index (χ1) is 18.7. The minimum absolute atomic E-state index is 0.369. The quantitative estimate of drug-likeness (QED) is 0.297. The third-order valence-corrected chi connectivity index (χ3v) is 7.07. The molecule has 4 heterocycles. The van der Waals surface area contributed by atoms with Gasteiger partial charge in [-0.3, -0.25) is 4.98 Å². The SMILES string of the molecule is CC(C)(C)OC(=O)NCC1CCN(c2nc(NCc3ccc(-c4ccccn4)cc3)n3ncc(Br)c3n2)CC1. The van der Waals surface area contributed by atoms with Crippen molar-refractivity contribution in [2.45, 2.75) is 45.8 Å². The second kappa shape index (κ2) is 11.6. The highest BCUT2D eigenvalue weighted by Gasteiger charge is 2.24. The van der Waals surface area contributed by atoms with Gasteiger partial charge in [0.2, 0.25) is 11.9 Å². The van der Waals surface area contributed by atoms with Crippen molar-refractivity contribution in [2.24, 2.45) is 5.92 Å². The predicted octanol–water partition coefficient (Wildman–Crippen LogP) is 5.30. The molecule has 1 aromatic carbocycles. The van der Waals surface area contributed by atoms with Gasteiger partial charge in [-0.25, -0.2) is 4.79 Å². The molecule has 204 valence electrons. The lowest BCUT2D eigenvalue weighted by Gasteiger charge is -2.32. The summed E-state index contributed by atoms with van der Waals surface area (Å²) in [6.45, 7) is 8.39. The van der Waals surface area contributed by atoms with Gasteiger partial charge in [0, 0.05) is 37.9 Å².